The first kappa shape index (κ1) is 10.0. The molecule has 2 nitrogen and oxygen atoms in total. The van der Waals surface area contributed by atoms with Crippen molar-refractivity contribution in [1.29, 1.82) is 0 Å². The molecule has 2 aromatic carbocycles. The van der Waals surface area contributed by atoms with E-state index in [-0.39, 0.29) is 0 Å². The van der Waals surface area contributed by atoms with Crippen LogP contribution in [0.5, 0.6) is 11.5 Å². The topological polar surface area (TPSA) is 21.3 Å². The molecule has 0 bridgehead atoms. The second kappa shape index (κ2) is 3.52. The molecule has 1 saturated carbocycles. The predicted octanol–water partition coefficient (Wildman–Crippen LogP) is 4.72. The van der Waals surface area contributed by atoms with Gasteiger partial charge in [0.25, 0.3) is 0 Å². The van der Waals surface area contributed by atoms with Crippen molar-refractivity contribution in [3.63, 3.8) is 0 Å². The van der Waals surface area contributed by atoms with Crippen molar-refractivity contribution in [2.24, 2.45) is 0 Å². The molecule has 4 rings (SSSR count). The van der Waals surface area contributed by atoms with Crippen LogP contribution in [0, 0.1) is 6.92 Å². The number of anilines is 2. The standard InChI is InChI=1S/C16H15NO/c1-10-6-9-14-16(15(10)11-7-8-11)17-12-4-2-3-5-13(12)18-14/h2-6,9,11,17H,7-8H2,1H3. The van der Waals surface area contributed by atoms with Crippen LogP contribution < -0.4 is 10.1 Å². The summed E-state index contributed by atoms with van der Waals surface area (Å²) in [5.41, 5.74) is 5.06. The first-order chi connectivity index (χ1) is 8.83. The summed E-state index contributed by atoms with van der Waals surface area (Å²) in [6.45, 7) is 2.19. The monoisotopic (exact) mass is 237 g/mol. The van der Waals surface area contributed by atoms with Crippen LogP contribution in [-0.2, 0) is 0 Å². The molecule has 0 unspecified atom stereocenters. The van der Waals surface area contributed by atoms with Gasteiger partial charge in [-0.05, 0) is 55.0 Å². The van der Waals surface area contributed by atoms with E-state index in [9.17, 15) is 0 Å². The van der Waals surface area contributed by atoms with Crippen molar-refractivity contribution in [2.45, 2.75) is 25.7 Å². The van der Waals surface area contributed by atoms with Gasteiger partial charge in [0.1, 0.15) is 0 Å². The molecule has 0 amide bonds. The summed E-state index contributed by atoms with van der Waals surface area (Å²) in [6.07, 6.45) is 2.61. The van der Waals surface area contributed by atoms with E-state index >= 15 is 0 Å². The van der Waals surface area contributed by atoms with Gasteiger partial charge in [0.15, 0.2) is 11.5 Å². The number of hydrogen-bond donors (Lipinski definition) is 1. The van der Waals surface area contributed by atoms with Gasteiger partial charge in [0, 0.05) is 0 Å². The average Bonchev–Trinajstić information content (AvgIpc) is 3.21. The number of rotatable bonds is 1. The maximum absolute atomic E-state index is 5.99. The molecule has 0 spiro atoms. The van der Waals surface area contributed by atoms with E-state index in [1.54, 1.807) is 0 Å². The average molecular weight is 237 g/mol. The van der Waals surface area contributed by atoms with Crippen LogP contribution >= 0.6 is 0 Å². The Bertz CT molecular complexity index is 629. The highest BCUT2D eigenvalue weighted by molar-refractivity contribution is 5.79. The summed E-state index contributed by atoms with van der Waals surface area (Å²) >= 11 is 0. The van der Waals surface area contributed by atoms with Crippen LogP contribution in [0.15, 0.2) is 36.4 Å². The van der Waals surface area contributed by atoms with E-state index in [2.05, 4.69) is 30.4 Å². The largest absolute Gasteiger partial charge is 0.453 e. The number of fused-ring (bicyclic) bond motifs is 2. The van der Waals surface area contributed by atoms with Crippen LogP contribution in [0.25, 0.3) is 0 Å². The normalized spacial score (nSPS) is 16.3. The van der Waals surface area contributed by atoms with Gasteiger partial charge in [-0.3, -0.25) is 0 Å². The Hall–Kier alpha value is -1.96. The molecule has 0 saturated heterocycles. The molecule has 1 N–H and O–H groups in total. The SMILES string of the molecule is Cc1ccc2c(c1C1CC1)Nc1ccccc1O2. The zero-order valence-corrected chi connectivity index (χ0v) is 10.4. The number of para-hydroxylation sites is 2. The Morgan fingerprint density at radius 3 is 2.72 bits per heavy atom. The van der Waals surface area contributed by atoms with Crippen molar-refractivity contribution in [3.8, 4) is 11.5 Å². The fraction of sp³-hybridized carbons (Fsp3) is 0.250. The van der Waals surface area contributed by atoms with E-state index in [0.29, 0.717) is 0 Å². The van der Waals surface area contributed by atoms with Gasteiger partial charge in [-0.25, -0.2) is 0 Å². The van der Waals surface area contributed by atoms with Gasteiger partial charge >= 0.3 is 0 Å². The highest BCUT2D eigenvalue weighted by atomic mass is 16.5. The second-order valence-electron chi connectivity index (χ2n) is 5.17. The van der Waals surface area contributed by atoms with Crippen LogP contribution in [0.1, 0.15) is 29.9 Å². The van der Waals surface area contributed by atoms with Crippen LogP contribution in [0.3, 0.4) is 0 Å². The maximum Gasteiger partial charge on any atom is 0.151 e. The van der Waals surface area contributed by atoms with Gasteiger partial charge in [-0.2, -0.15) is 0 Å². The molecular weight excluding hydrogens is 222 g/mol. The quantitative estimate of drug-likeness (QED) is 0.661. The van der Waals surface area contributed by atoms with E-state index in [4.69, 9.17) is 4.74 Å². The Kier molecular flexibility index (Phi) is 1.95. The molecule has 2 aliphatic rings. The van der Waals surface area contributed by atoms with E-state index in [1.807, 2.05) is 18.2 Å². The molecule has 90 valence electrons. The first-order valence-corrected chi connectivity index (χ1v) is 6.50. The Morgan fingerprint density at radius 2 is 1.89 bits per heavy atom. The summed E-state index contributed by atoms with van der Waals surface area (Å²) < 4.78 is 5.99. The molecule has 0 aromatic heterocycles. The summed E-state index contributed by atoms with van der Waals surface area (Å²) in [4.78, 5) is 0. The lowest BCUT2D eigenvalue weighted by Crippen LogP contribution is -2.06. The molecule has 0 radical (unpaired) electrons. The zero-order chi connectivity index (χ0) is 12.1. The third-order valence-electron chi connectivity index (χ3n) is 3.78. The van der Waals surface area contributed by atoms with Crippen LogP contribution in [0.2, 0.25) is 0 Å². The molecule has 1 fully saturated rings. The first-order valence-electron chi connectivity index (χ1n) is 6.50. The van der Waals surface area contributed by atoms with Crippen molar-refractivity contribution in [2.75, 3.05) is 5.32 Å². The molecule has 2 aromatic rings. The van der Waals surface area contributed by atoms with Crippen molar-refractivity contribution in [1.82, 2.24) is 0 Å². The Morgan fingerprint density at radius 1 is 1.06 bits per heavy atom. The molecule has 1 aliphatic heterocycles. The van der Waals surface area contributed by atoms with E-state index in [0.717, 1.165) is 23.1 Å². The third-order valence-corrected chi connectivity index (χ3v) is 3.78. The number of benzene rings is 2. The van der Waals surface area contributed by atoms with Crippen molar-refractivity contribution in [3.05, 3.63) is 47.5 Å². The lowest BCUT2D eigenvalue weighted by Gasteiger charge is -2.25. The molecule has 0 atom stereocenters. The highest BCUT2D eigenvalue weighted by Gasteiger charge is 2.31. The van der Waals surface area contributed by atoms with E-state index in [1.165, 1.54) is 29.7 Å². The molecule has 18 heavy (non-hydrogen) atoms. The highest BCUT2D eigenvalue weighted by Crippen LogP contribution is 2.51. The molecule has 2 heteroatoms. The van der Waals surface area contributed by atoms with Gasteiger partial charge in [-0.15, -0.1) is 0 Å². The summed E-state index contributed by atoms with van der Waals surface area (Å²) in [6, 6.07) is 12.3. The minimum Gasteiger partial charge on any atom is -0.453 e. The van der Waals surface area contributed by atoms with E-state index < -0.39 is 0 Å². The number of nitrogens with one attached hydrogen (secondary N) is 1. The van der Waals surface area contributed by atoms with Crippen molar-refractivity contribution >= 4 is 11.4 Å². The fourth-order valence-corrected chi connectivity index (χ4v) is 2.73. The van der Waals surface area contributed by atoms with Crippen LogP contribution in [0.4, 0.5) is 11.4 Å². The number of aryl methyl sites for hydroxylation is 1. The minimum absolute atomic E-state index is 0.723. The summed E-state index contributed by atoms with van der Waals surface area (Å²) in [7, 11) is 0. The predicted molar refractivity (Wildman–Crippen MR) is 73.0 cm³/mol. The van der Waals surface area contributed by atoms with Crippen molar-refractivity contribution < 1.29 is 4.74 Å². The Labute approximate surface area is 107 Å². The molecule has 1 aliphatic carbocycles. The van der Waals surface area contributed by atoms with Gasteiger partial charge in [0.05, 0.1) is 11.4 Å². The Balaban J connectivity index is 1.88. The summed E-state index contributed by atoms with van der Waals surface area (Å²) in [5.74, 6) is 2.60. The van der Waals surface area contributed by atoms with Crippen LogP contribution in [-0.4, -0.2) is 0 Å². The zero-order valence-electron chi connectivity index (χ0n) is 10.4. The number of hydrogen-bond acceptors (Lipinski definition) is 2. The molecular formula is C16H15NO. The van der Waals surface area contributed by atoms with Gasteiger partial charge in [-0.1, -0.05) is 18.2 Å². The van der Waals surface area contributed by atoms with Gasteiger partial charge < -0.3 is 10.1 Å². The molecule has 1 heterocycles. The smallest absolute Gasteiger partial charge is 0.151 e. The number of ether oxygens (including phenoxy) is 1. The lowest BCUT2D eigenvalue weighted by molar-refractivity contribution is 0.480. The lowest BCUT2D eigenvalue weighted by atomic mass is 10.00. The second-order valence-corrected chi connectivity index (χ2v) is 5.17. The fourth-order valence-electron chi connectivity index (χ4n) is 2.73. The summed E-state index contributed by atoms with van der Waals surface area (Å²) in [5, 5.41) is 3.55. The minimum atomic E-state index is 0.723. The van der Waals surface area contributed by atoms with Gasteiger partial charge in [0.2, 0.25) is 0 Å². The maximum atomic E-state index is 5.99. The third kappa shape index (κ3) is 1.42.